The lowest BCUT2D eigenvalue weighted by Crippen LogP contribution is -2.30. The smallest absolute Gasteiger partial charge is 0.255 e. The number of nitrogens with one attached hydrogen (secondary N) is 1. The summed E-state index contributed by atoms with van der Waals surface area (Å²) in [6.07, 6.45) is 6.57. The molecule has 5 heteroatoms. The predicted octanol–water partition coefficient (Wildman–Crippen LogP) is 4.05. The summed E-state index contributed by atoms with van der Waals surface area (Å²) in [6, 6.07) is 11.2. The van der Waals surface area contributed by atoms with E-state index in [1.54, 1.807) is 6.20 Å². The van der Waals surface area contributed by atoms with Crippen molar-refractivity contribution >= 4 is 23.3 Å². The number of carbonyl (C=O) groups excluding carboxylic acids is 1. The first-order valence-corrected chi connectivity index (χ1v) is 8.84. The number of hydrogen-bond donors (Lipinski definition) is 1. The van der Waals surface area contributed by atoms with Gasteiger partial charge in [-0.1, -0.05) is 36.6 Å². The van der Waals surface area contributed by atoms with Crippen LogP contribution >= 0.6 is 11.6 Å². The van der Waals surface area contributed by atoms with E-state index >= 15 is 0 Å². The second-order valence-electron chi connectivity index (χ2n) is 6.08. The number of nitrogens with zero attached hydrogens (tertiary/aromatic N) is 2. The van der Waals surface area contributed by atoms with Gasteiger partial charge in [0.05, 0.1) is 5.56 Å². The van der Waals surface area contributed by atoms with Crippen molar-refractivity contribution in [3.63, 3.8) is 0 Å². The summed E-state index contributed by atoms with van der Waals surface area (Å²) in [5.74, 6) is 0.713. The summed E-state index contributed by atoms with van der Waals surface area (Å²) >= 11 is 5.89. The molecule has 4 nitrogen and oxygen atoms in total. The third-order valence-corrected chi connectivity index (χ3v) is 4.56. The third-order valence-electron chi connectivity index (χ3n) is 4.30. The van der Waals surface area contributed by atoms with Gasteiger partial charge in [0.25, 0.3) is 5.91 Å². The highest BCUT2D eigenvalue weighted by Gasteiger charge is 2.18. The Morgan fingerprint density at radius 2 is 1.79 bits per heavy atom. The van der Waals surface area contributed by atoms with Crippen LogP contribution < -0.4 is 10.2 Å². The molecule has 0 spiro atoms. The number of pyridine rings is 1. The fourth-order valence-electron chi connectivity index (χ4n) is 2.99. The molecule has 3 rings (SSSR count). The van der Waals surface area contributed by atoms with Crippen molar-refractivity contribution in [2.75, 3.05) is 18.0 Å². The van der Waals surface area contributed by atoms with Gasteiger partial charge in [0, 0.05) is 30.9 Å². The molecule has 1 aromatic carbocycles. The quantitative estimate of drug-likeness (QED) is 0.911. The van der Waals surface area contributed by atoms with Crippen molar-refractivity contribution in [1.29, 1.82) is 0 Å². The van der Waals surface area contributed by atoms with E-state index < -0.39 is 0 Å². The summed E-state index contributed by atoms with van der Waals surface area (Å²) in [7, 11) is 0. The second-order valence-corrected chi connectivity index (χ2v) is 6.52. The van der Waals surface area contributed by atoms with Crippen molar-refractivity contribution in [3.8, 4) is 0 Å². The van der Waals surface area contributed by atoms with Crippen molar-refractivity contribution in [2.45, 2.75) is 32.2 Å². The minimum absolute atomic E-state index is 0.0858. The molecule has 1 aliphatic rings. The Kier molecular flexibility index (Phi) is 5.70. The summed E-state index contributed by atoms with van der Waals surface area (Å²) in [4.78, 5) is 19.4. The standard InChI is InChI=1S/C19H22ClN3O/c20-16-9-7-15(8-10-16)14-22-19(24)17-6-5-11-21-18(17)23-12-3-1-2-4-13-23/h5-11H,1-4,12-14H2,(H,22,24). The molecule has 0 radical (unpaired) electrons. The number of aromatic nitrogens is 1. The van der Waals surface area contributed by atoms with Gasteiger partial charge in [-0.05, 0) is 42.7 Å². The second kappa shape index (κ2) is 8.15. The van der Waals surface area contributed by atoms with Gasteiger partial charge in [0.15, 0.2) is 0 Å². The number of hydrogen-bond acceptors (Lipinski definition) is 3. The molecule has 2 heterocycles. The summed E-state index contributed by atoms with van der Waals surface area (Å²) in [6.45, 7) is 2.41. The molecule has 1 saturated heterocycles. The SMILES string of the molecule is O=C(NCc1ccc(Cl)cc1)c1cccnc1N1CCCCCC1. The molecular formula is C19H22ClN3O. The Hall–Kier alpha value is -2.07. The highest BCUT2D eigenvalue weighted by molar-refractivity contribution is 6.30. The monoisotopic (exact) mass is 343 g/mol. The number of carbonyl (C=O) groups is 1. The fourth-order valence-corrected chi connectivity index (χ4v) is 3.11. The van der Waals surface area contributed by atoms with E-state index in [1.165, 1.54) is 12.8 Å². The van der Waals surface area contributed by atoms with Crippen LogP contribution in [0.2, 0.25) is 5.02 Å². The minimum atomic E-state index is -0.0858. The van der Waals surface area contributed by atoms with Gasteiger partial charge in [-0.15, -0.1) is 0 Å². The van der Waals surface area contributed by atoms with Crippen LogP contribution in [0.15, 0.2) is 42.6 Å². The molecule has 1 aliphatic heterocycles. The molecule has 1 aromatic heterocycles. The van der Waals surface area contributed by atoms with Crippen LogP contribution in [0.25, 0.3) is 0 Å². The van der Waals surface area contributed by atoms with Crippen LogP contribution in [-0.2, 0) is 6.54 Å². The van der Waals surface area contributed by atoms with Crippen LogP contribution in [0.1, 0.15) is 41.6 Å². The van der Waals surface area contributed by atoms with Crippen LogP contribution in [-0.4, -0.2) is 24.0 Å². The van der Waals surface area contributed by atoms with Crippen molar-refractivity contribution in [1.82, 2.24) is 10.3 Å². The average Bonchev–Trinajstić information content (AvgIpc) is 2.90. The first kappa shape index (κ1) is 16.8. The van der Waals surface area contributed by atoms with Crippen LogP contribution in [0, 0.1) is 0 Å². The van der Waals surface area contributed by atoms with Gasteiger partial charge >= 0.3 is 0 Å². The number of rotatable bonds is 4. The lowest BCUT2D eigenvalue weighted by atomic mass is 10.2. The van der Waals surface area contributed by atoms with Crippen LogP contribution in [0.3, 0.4) is 0 Å². The Morgan fingerprint density at radius 1 is 1.08 bits per heavy atom. The molecule has 1 N–H and O–H groups in total. The molecule has 0 unspecified atom stereocenters. The van der Waals surface area contributed by atoms with E-state index in [0.29, 0.717) is 17.1 Å². The summed E-state index contributed by atoms with van der Waals surface area (Å²) in [5.41, 5.74) is 1.67. The first-order valence-electron chi connectivity index (χ1n) is 8.46. The summed E-state index contributed by atoms with van der Waals surface area (Å²) < 4.78 is 0. The van der Waals surface area contributed by atoms with E-state index in [0.717, 1.165) is 37.3 Å². The zero-order valence-electron chi connectivity index (χ0n) is 13.7. The number of amides is 1. The molecule has 24 heavy (non-hydrogen) atoms. The Bertz CT molecular complexity index is 679. The lowest BCUT2D eigenvalue weighted by Gasteiger charge is -2.23. The molecule has 0 atom stereocenters. The van der Waals surface area contributed by atoms with Crippen molar-refractivity contribution in [2.24, 2.45) is 0 Å². The van der Waals surface area contributed by atoms with E-state index in [2.05, 4.69) is 15.2 Å². The maximum absolute atomic E-state index is 12.6. The largest absolute Gasteiger partial charge is 0.356 e. The zero-order valence-corrected chi connectivity index (χ0v) is 14.4. The molecule has 126 valence electrons. The van der Waals surface area contributed by atoms with E-state index in [4.69, 9.17) is 11.6 Å². The van der Waals surface area contributed by atoms with Crippen molar-refractivity contribution in [3.05, 3.63) is 58.7 Å². The maximum Gasteiger partial charge on any atom is 0.255 e. The molecule has 1 amide bonds. The Balaban J connectivity index is 1.71. The minimum Gasteiger partial charge on any atom is -0.356 e. The maximum atomic E-state index is 12.6. The first-order chi connectivity index (χ1) is 11.7. The highest BCUT2D eigenvalue weighted by Crippen LogP contribution is 2.21. The molecule has 1 fully saturated rings. The van der Waals surface area contributed by atoms with Crippen molar-refractivity contribution < 1.29 is 4.79 Å². The predicted molar refractivity (Wildman–Crippen MR) is 97.5 cm³/mol. The van der Waals surface area contributed by atoms with E-state index in [9.17, 15) is 4.79 Å². The van der Waals surface area contributed by atoms with E-state index in [-0.39, 0.29) is 5.91 Å². The third kappa shape index (κ3) is 4.26. The Morgan fingerprint density at radius 3 is 2.50 bits per heavy atom. The summed E-state index contributed by atoms with van der Waals surface area (Å²) in [5, 5.41) is 3.68. The van der Waals surface area contributed by atoms with Gasteiger partial charge in [0.1, 0.15) is 5.82 Å². The van der Waals surface area contributed by atoms with Crippen LogP contribution in [0.4, 0.5) is 5.82 Å². The normalized spacial score (nSPS) is 15.0. The lowest BCUT2D eigenvalue weighted by molar-refractivity contribution is 0.0951. The fraction of sp³-hybridized carbons (Fsp3) is 0.368. The molecule has 0 saturated carbocycles. The average molecular weight is 344 g/mol. The van der Waals surface area contributed by atoms with Gasteiger partial charge in [-0.25, -0.2) is 4.98 Å². The molecule has 0 bridgehead atoms. The van der Waals surface area contributed by atoms with Gasteiger partial charge in [-0.2, -0.15) is 0 Å². The van der Waals surface area contributed by atoms with Gasteiger partial charge in [-0.3, -0.25) is 4.79 Å². The zero-order chi connectivity index (χ0) is 16.8. The number of anilines is 1. The van der Waals surface area contributed by atoms with Gasteiger partial charge in [0.2, 0.25) is 0 Å². The topological polar surface area (TPSA) is 45.2 Å². The number of halogens is 1. The molecular weight excluding hydrogens is 322 g/mol. The van der Waals surface area contributed by atoms with Gasteiger partial charge < -0.3 is 10.2 Å². The highest BCUT2D eigenvalue weighted by atomic mass is 35.5. The van der Waals surface area contributed by atoms with E-state index in [1.807, 2.05) is 36.4 Å². The van der Waals surface area contributed by atoms with Crippen LogP contribution in [0.5, 0.6) is 0 Å². The number of benzene rings is 1. The molecule has 0 aliphatic carbocycles. The Labute approximate surface area is 147 Å². The molecule has 2 aromatic rings.